The number of rotatable bonds is 3. The summed E-state index contributed by atoms with van der Waals surface area (Å²) in [5, 5.41) is 8.05. The van der Waals surface area contributed by atoms with E-state index in [0.29, 0.717) is 10.8 Å². The largest absolute Gasteiger partial charge is 0.383 e. The van der Waals surface area contributed by atoms with Crippen molar-refractivity contribution in [3.05, 3.63) is 70.6 Å². The molecule has 0 aliphatic heterocycles. The van der Waals surface area contributed by atoms with E-state index in [-0.39, 0.29) is 0 Å². The van der Waals surface area contributed by atoms with Crippen LogP contribution in [0.25, 0.3) is 27.6 Å². The van der Waals surface area contributed by atoms with Crippen LogP contribution in [0.1, 0.15) is 5.56 Å². The Bertz CT molecular complexity index is 1020. The van der Waals surface area contributed by atoms with Crippen LogP contribution in [0.3, 0.4) is 0 Å². The van der Waals surface area contributed by atoms with Crippen LogP contribution in [0.5, 0.6) is 0 Å². The highest BCUT2D eigenvalue weighted by molar-refractivity contribution is 7.12. The minimum Gasteiger partial charge on any atom is -0.383 e. The standard InChI is InChI=1S/C19H15ClN4S/c1-12-2-4-13(5-3-12)16-10-18(21)24(23-16)19-22-17(11-25-19)14-6-8-15(20)9-7-14/h2-11H,21H2,1H3. The van der Waals surface area contributed by atoms with Gasteiger partial charge in [0.1, 0.15) is 5.82 Å². The van der Waals surface area contributed by atoms with E-state index in [4.69, 9.17) is 17.3 Å². The number of benzene rings is 2. The topological polar surface area (TPSA) is 56.7 Å². The zero-order valence-electron chi connectivity index (χ0n) is 13.5. The lowest BCUT2D eigenvalue weighted by Crippen LogP contribution is -2.01. The second kappa shape index (κ2) is 6.35. The molecule has 0 fully saturated rings. The van der Waals surface area contributed by atoms with Gasteiger partial charge in [0.2, 0.25) is 5.13 Å². The number of hydrogen-bond donors (Lipinski definition) is 1. The van der Waals surface area contributed by atoms with Crippen molar-refractivity contribution in [2.75, 3.05) is 5.73 Å². The third-order valence-corrected chi connectivity index (χ3v) is 4.97. The molecule has 2 heterocycles. The Hall–Kier alpha value is -2.63. The molecule has 0 amide bonds. The molecule has 6 heteroatoms. The summed E-state index contributed by atoms with van der Waals surface area (Å²) in [7, 11) is 0. The van der Waals surface area contributed by atoms with Crippen molar-refractivity contribution in [1.82, 2.24) is 14.8 Å². The van der Waals surface area contributed by atoms with Gasteiger partial charge in [0.15, 0.2) is 0 Å². The molecular formula is C19H15ClN4S. The highest BCUT2D eigenvalue weighted by Gasteiger charge is 2.13. The van der Waals surface area contributed by atoms with E-state index in [2.05, 4.69) is 29.1 Å². The first-order valence-electron chi connectivity index (χ1n) is 7.74. The van der Waals surface area contributed by atoms with Crippen LogP contribution in [-0.4, -0.2) is 14.8 Å². The Morgan fingerprint density at radius 2 is 1.60 bits per heavy atom. The van der Waals surface area contributed by atoms with E-state index in [1.54, 1.807) is 4.68 Å². The van der Waals surface area contributed by atoms with Gasteiger partial charge in [-0.25, -0.2) is 4.98 Å². The summed E-state index contributed by atoms with van der Waals surface area (Å²) < 4.78 is 1.68. The smallest absolute Gasteiger partial charge is 0.212 e. The number of hydrogen-bond acceptors (Lipinski definition) is 4. The number of nitrogens with zero attached hydrogens (tertiary/aromatic N) is 3. The summed E-state index contributed by atoms with van der Waals surface area (Å²) in [4.78, 5) is 4.66. The Labute approximate surface area is 154 Å². The summed E-state index contributed by atoms with van der Waals surface area (Å²) in [6.07, 6.45) is 0. The van der Waals surface area contributed by atoms with Crippen LogP contribution in [0.4, 0.5) is 5.82 Å². The Morgan fingerprint density at radius 1 is 0.960 bits per heavy atom. The molecule has 0 aliphatic carbocycles. The molecule has 0 radical (unpaired) electrons. The molecule has 2 N–H and O–H groups in total. The molecule has 0 atom stereocenters. The van der Waals surface area contributed by atoms with E-state index in [0.717, 1.165) is 27.6 Å². The lowest BCUT2D eigenvalue weighted by molar-refractivity contribution is 0.884. The fourth-order valence-electron chi connectivity index (χ4n) is 2.53. The predicted molar refractivity (Wildman–Crippen MR) is 104 cm³/mol. The molecule has 0 aliphatic rings. The molecule has 4 rings (SSSR count). The van der Waals surface area contributed by atoms with Crippen LogP contribution < -0.4 is 5.73 Å². The van der Waals surface area contributed by atoms with E-state index in [1.807, 2.05) is 47.8 Å². The summed E-state index contributed by atoms with van der Waals surface area (Å²) in [6.45, 7) is 2.06. The zero-order chi connectivity index (χ0) is 17.4. The lowest BCUT2D eigenvalue weighted by Gasteiger charge is -1.99. The minimum atomic E-state index is 0.563. The summed E-state index contributed by atoms with van der Waals surface area (Å²) in [6, 6.07) is 17.7. The molecule has 25 heavy (non-hydrogen) atoms. The fraction of sp³-hybridized carbons (Fsp3) is 0.0526. The average Bonchev–Trinajstić information content (AvgIpc) is 3.23. The van der Waals surface area contributed by atoms with Gasteiger partial charge < -0.3 is 5.73 Å². The maximum absolute atomic E-state index is 6.16. The average molecular weight is 367 g/mol. The van der Waals surface area contributed by atoms with Gasteiger partial charge >= 0.3 is 0 Å². The van der Waals surface area contributed by atoms with E-state index in [9.17, 15) is 0 Å². The molecule has 0 saturated heterocycles. The number of aryl methyl sites for hydroxylation is 1. The molecule has 0 unspecified atom stereocenters. The van der Waals surface area contributed by atoms with Crippen molar-refractivity contribution in [3.63, 3.8) is 0 Å². The number of aromatic nitrogens is 3. The third kappa shape index (κ3) is 3.16. The molecule has 2 aromatic carbocycles. The van der Waals surface area contributed by atoms with Crippen LogP contribution in [0.2, 0.25) is 5.02 Å². The van der Waals surface area contributed by atoms with E-state index < -0.39 is 0 Å². The molecule has 0 spiro atoms. The molecule has 0 bridgehead atoms. The van der Waals surface area contributed by atoms with E-state index in [1.165, 1.54) is 16.9 Å². The van der Waals surface area contributed by atoms with Crippen molar-refractivity contribution >= 4 is 28.8 Å². The Kier molecular flexibility index (Phi) is 4.03. The van der Waals surface area contributed by atoms with Crippen molar-refractivity contribution in [2.45, 2.75) is 6.92 Å². The molecule has 124 valence electrons. The van der Waals surface area contributed by atoms with Gasteiger partial charge in [0.05, 0.1) is 11.4 Å². The fourth-order valence-corrected chi connectivity index (χ4v) is 3.46. The number of anilines is 1. The quantitative estimate of drug-likeness (QED) is 0.541. The summed E-state index contributed by atoms with van der Waals surface area (Å²) in [5.74, 6) is 0.563. The Balaban J connectivity index is 1.69. The van der Waals surface area contributed by atoms with Crippen molar-refractivity contribution in [1.29, 1.82) is 0 Å². The first-order valence-corrected chi connectivity index (χ1v) is 9.00. The first-order chi connectivity index (χ1) is 12.1. The van der Waals surface area contributed by atoms with E-state index >= 15 is 0 Å². The van der Waals surface area contributed by atoms with Gasteiger partial charge in [-0.3, -0.25) is 0 Å². The van der Waals surface area contributed by atoms with Crippen molar-refractivity contribution in [3.8, 4) is 27.6 Å². The van der Waals surface area contributed by atoms with Gasteiger partial charge in [-0.15, -0.1) is 11.3 Å². The van der Waals surface area contributed by atoms with Gasteiger partial charge in [-0.05, 0) is 19.1 Å². The Morgan fingerprint density at radius 3 is 2.32 bits per heavy atom. The van der Waals surface area contributed by atoms with Crippen LogP contribution in [0, 0.1) is 6.92 Å². The maximum atomic E-state index is 6.16. The van der Waals surface area contributed by atoms with Crippen molar-refractivity contribution in [2.24, 2.45) is 0 Å². The highest BCUT2D eigenvalue weighted by Crippen LogP contribution is 2.28. The monoisotopic (exact) mass is 366 g/mol. The van der Waals surface area contributed by atoms with Crippen LogP contribution in [-0.2, 0) is 0 Å². The predicted octanol–water partition coefficient (Wildman–Crippen LogP) is 5.21. The van der Waals surface area contributed by atoms with Crippen LogP contribution in [0.15, 0.2) is 60.0 Å². The van der Waals surface area contributed by atoms with Gasteiger partial charge in [-0.1, -0.05) is 53.6 Å². The number of halogens is 1. The van der Waals surface area contributed by atoms with Gasteiger partial charge in [-0.2, -0.15) is 9.78 Å². The SMILES string of the molecule is Cc1ccc(-c2cc(N)n(-c3nc(-c4ccc(Cl)cc4)cs3)n2)cc1. The zero-order valence-corrected chi connectivity index (χ0v) is 15.1. The number of thiazole rings is 1. The lowest BCUT2D eigenvalue weighted by atomic mass is 10.1. The molecule has 4 aromatic rings. The second-order valence-corrected chi connectivity index (χ2v) is 7.03. The number of nitrogens with two attached hydrogens (primary N) is 1. The molecule has 2 aromatic heterocycles. The molecular weight excluding hydrogens is 352 g/mol. The third-order valence-electron chi connectivity index (χ3n) is 3.90. The summed E-state index contributed by atoms with van der Waals surface area (Å²) in [5.41, 5.74) is 11.1. The normalized spacial score (nSPS) is 11.0. The molecule has 0 saturated carbocycles. The minimum absolute atomic E-state index is 0.563. The number of nitrogen functional groups attached to an aromatic ring is 1. The summed E-state index contributed by atoms with van der Waals surface area (Å²) >= 11 is 7.45. The maximum Gasteiger partial charge on any atom is 0.212 e. The second-order valence-electron chi connectivity index (χ2n) is 5.75. The molecule has 4 nitrogen and oxygen atoms in total. The van der Waals surface area contributed by atoms with Gasteiger partial charge in [0, 0.05) is 27.6 Å². The highest BCUT2D eigenvalue weighted by atomic mass is 35.5. The van der Waals surface area contributed by atoms with Gasteiger partial charge in [0.25, 0.3) is 0 Å². The first kappa shape index (κ1) is 15.9. The van der Waals surface area contributed by atoms with Crippen LogP contribution >= 0.6 is 22.9 Å². The van der Waals surface area contributed by atoms with Crippen molar-refractivity contribution < 1.29 is 0 Å².